The quantitative estimate of drug-likeness (QED) is 0.752. The van der Waals surface area contributed by atoms with E-state index in [9.17, 15) is 14.4 Å². The Morgan fingerprint density at radius 2 is 2.18 bits per heavy atom. The number of carbonyl (C=O) groups is 3. The van der Waals surface area contributed by atoms with Crippen LogP contribution in [0.4, 0.5) is 5.69 Å². The Kier molecular flexibility index (Phi) is 6.36. The second-order valence-electron chi connectivity index (χ2n) is 6.53. The number of ether oxygens (including phenoxy) is 1. The van der Waals surface area contributed by atoms with Gasteiger partial charge in [0.15, 0.2) is 0 Å². The van der Waals surface area contributed by atoms with Crippen LogP contribution in [0.1, 0.15) is 30.3 Å². The smallest absolute Gasteiger partial charge is 0.310 e. The van der Waals surface area contributed by atoms with Crippen molar-refractivity contribution in [3.05, 3.63) is 42.5 Å². The van der Waals surface area contributed by atoms with Crippen LogP contribution >= 0.6 is 0 Å². The minimum atomic E-state index is -0.347. The van der Waals surface area contributed by atoms with Crippen molar-refractivity contribution in [3.63, 3.8) is 0 Å². The Balaban J connectivity index is 1.55. The number of rotatable bonds is 6. The molecule has 0 spiro atoms. The number of hydrogen-bond donors (Lipinski definition) is 1. The maximum absolute atomic E-state index is 12.6. The van der Waals surface area contributed by atoms with Crippen molar-refractivity contribution in [1.82, 2.24) is 19.7 Å². The van der Waals surface area contributed by atoms with E-state index in [2.05, 4.69) is 15.4 Å². The number of carbonyl (C=O) groups excluding carboxylic acids is 3. The molecule has 2 amide bonds. The molecule has 28 heavy (non-hydrogen) atoms. The normalized spacial score (nSPS) is 16.5. The first-order chi connectivity index (χ1) is 13.6. The molecule has 0 saturated carbocycles. The summed E-state index contributed by atoms with van der Waals surface area (Å²) >= 11 is 0. The third kappa shape index (κ3) is 4.93. The summed E-state index contributed by atoms with van der Waals surface area (Å²) in [6.45, 7) is 3.12. The minimum absolute atomic E-state index is 0.0367. The summed E-state index contributed by atoms with van der Waals surface area (Å²) in [5, 5.41) is 6.82. The molecule has 1 fully saturated rings. The Morgan fingerprint density at radius 1 is 1.32 bits per heavy atom. The molecule has 0 bridgehead atoms. The largest absolute Gasteiger partial charge is 0.466 e. The molecule has 9 nitrogen and oxygen atoms in total. The summed E-state index contributed by atoms with van der Waals surface area (Å²) in [7, 11) is 0. The SMILES string of the molecule is CCOC(=O)[C@@H]1CCCN(C(=O)Cn2cc(NC(=O)c3ccccn3)cn2)C1. The maximum Gasteiger partial charge on any atom is 0.310 e. The zero-order valence-electron chi connectivity index (χ0n) is 15.7. The average Bonchev–Trinajstić information content (AvgIpc) is 3.15. The summed E-state index contributed by atoms with van der Waals surface area (Å²) < 4.78 is 6.53. The highest BCUT2D eigenvalue weighted by atomic mass is 16.5. The van der Waals surface area contributed by atoms with Crippen LogP contribution in [-0.2, 0) is 20.9 Å². The van der Waals surface area contributed by atoms with Gasteiger partial charge in [-0.3, -0.25) is 24.0 Å². The highest BCUT2D eigenvalue weighted by Gasteiger charge is 2.29. The number of likely N-dealkylation sites (tertiary alicyclic amines) is 1. The Morgan fingerprint density at radius 3 is 2.93 bits per heavy atom. The number of amides is 2. The van der Waals surface area contributed by atoms with Crippen LogP contribution in [0.25, 0.3) is 0 Å². The van der Waals surface area contributed by atoms with E-state index in [0.717, 1.165) is 12.8 Å². The maximum atomic E-state index is 12.6. The summed E-state index contributed by atoms with van der Waals surface area (Å²) in [4.78, 5) is 42.3. The molecule has 1 aliphatic heterocycles. The van der Waals surface area contributed by atoms with Crippen LogP contribution in [0.5, 0.6) is 0 Å². The lowest BCUT2D eigenvalue weighted by Crippen LogP contribution is -2.44. The lowest BCUT2D eigenvalue weighted by Gasteiger charge is -2.31. The van der Waals surface area contributed by atoms with Crippen molar-refractivity contribution in [2.24, 2.45) is 5.92 Å². The van der Waals surface area contributed by atoms with Gasteiger partial charge in [0, 0.05) is 25.5 Å². The van der Waals surface area contributed by atoms with Crippen LogP contribution in [0.3, 0.4) is 0 Å². The lowest BCUT2D eigenvalue weighted by molar-refractivity contribution is -0.151. The molecule has 1 N–H and O–H groups in total. The number of esters is 1. The number of hydrogen-bond acceptors (Lipinski definition) is 6. The molecule has 0 unspecified atom stereocenters. The van der Waals surface area contributed by atoms with Crippen molar-refractivity contribution < 1.29 is 19.1 Å². The van der Waals surface area contributed by atoms with Gasteiger partial charge in [0.1, 0.15) is 12.2 Å². The van der Waals surface area contributed by atoms with Gasteiger partial charge in [-0.05, 0) is 31.9 Å². The molecule has 148 valence electrons. The standard InChI is InChI=1S/C19H23N5O4/c1-2-28-19(27)14-6-5-9-23(11-14)17(25)13-24-12-15(10-21-24)22-18(26)16-7-3-4-8-20-16/h3-4,7-8,10,12,14H,2,5-6,9,11,13H2,1H3,(H,22,26)/t14-/m1/s1. The Labute approximate surface area is 162 Å². The van der Waals surface area contributed by atoms with Gasteiger partial charge in [-0.25, -0.2) is 0 Å². The number of piperidine rings is 1. The first-order valence-electron chi connectivity index (χ1n) is 9.26. The molecule has 0 radical (unpaired) electrons. The van der Waals surface area contributed by atoms with Crippen LogP contribution in [0, 0.1) is 5.92 Å². The van der Waals surface area contributed by atoms with Crippen molar-refractivity contribution in [2.45, 2.75) is 26.3 Å². The number of nitrogens with one attached hydrogen (secondary N) is 1. The second kappa shape index (κ2) is 9.12. The molecule has 9 heteroatoms. The third-order valence-electron chi connectivity index (χ3n) is 4.48. The molecular weight excluding hydrogens is 362 g/mol. The molecule has 1 saturated heterocycles. The lowest BCUT2D eigenvalue weighted by atomic mass is 9.98. The van der Waals surface area contributed by atoms with Crippen LogP contribution in [0.2, 0.25) is 0 Å². The van der Waals surface area contributed by atoms with Crippen molar-refractivity contribution in [1.29, 1.82) is 0 Å². The van der Waals surface area contributed by atoms with Crippen molar-refractivity contribution >= 4 is 23.5 Å². The molecule has 0 aliphatic carbocycles. The molecule has 0 aromatic carbocycles. The topological polar surface area (TPSA) is 106 Å². The molecule has 3 heterocycles. The first kappa shape index (κ1) is 19.5. The van der Waals surface area contributed by atoms with Gasteiger partial charge in [0.25, 0.3) is 5.91 Å². The van der Waals surface area contributed by atoms with E-state index in [-0.39, 0.29) is 30.2 Å². The number of anilines is 1. The molecule has 1 atom stereocenters. The third-order valence-corrected chi connectivity index (χ3v) is 4.48. The second-order valence-corrected chi connectivity index (χ2v) is 6.53. The zero-order valence-corrected chi connectivity index (χ0v) is 15.7. The predicted octanol–water partition coefficient (Wildman–Crippen LogP) is 1.33. The van der Waals surface area contributed by atoms with E-state index in [1.54, 1.807) is 42.4 Å². The molecular formula is C19H23N5O4. The fourth-order valence-corrected chi connectivity index (χ4v) is 3.10. The summed E-state index contributed by atoms with van der Waals surface area (Å²) in [6, 6.07) is 5.07. The number of nitrogens with zero attached hydrogens (tertiary/aromatic N) is 4. The van der Waals surface area contributed by atoms with E-state index in [1.165, 1.54) is 10.9 Å². The van der Waals surface area contributed by atoms with Crippen molar-refractivity contribution in [3.8, 4) is 0 Å². The predicted molar refractivity (Wildman–Crippen MR) is 100 cm³/mol. The fourth-order valence-electron chi connectivity index (χ4n) is 3.10. The van der Waals surface area contributed by atoms with Crippen LogP contribution in [0.15, 0.2) is 36.8 Å². The van der Waals surface area contributed by atoms with Gasteiger partial charge in [-0.15, -0.1) is 0 Å². The van der Waals surface area contributed by atoms with Gasteiger partial charge in [-0.1, -0.05) is 6.07 Å². The van der Waals surface area contributed by atoms with E-state index < -0.39 is 0 Å². The number of aromatic nitrogens is 3. The molecule has 2 aromatic rings. The monoisotopic (exact) mass is 385 g/mol. The van der Waals surface area contributed by atoms with E-state index >= 15 is 0 Å². The van der Waals surface area contributed by atoms with Crippen LogP contribution < -0.4 is 5.32 Å². The van der Waals surface area contributed by atoms with Gasteiger partial charge >= 0.3 is 5.97 Å². The summed E-state index contributed by atoms with van der Waals surface area (Å²) in [6.07, 6.45) is 6.10. The highest BCUT2D eigenvalue weighted by molar-refractivity contribution is 6.02. The van der Waals surface area contributed by atoms with Crippen LogP contribution in [-0.4, -0.2) is 57.1 Å². The summed E-state index contributed by atoms with van der Waals surface area (Å²) in [5.74, 6) is -0.999. The zero-order chi connectivity index (χ0) is 19.9. The van der Waals surface area contributed by atoms with E-state index in [0.29, 0.717) is 31.1 Å². The molecule has 1 aliphatic rings. The average molecular weight is 385 g/mol. The molecule has 3 rings (SSSR count). The van der Waals surface area contributed by atoms with Gasteiger partial charge in [0.2, 0.25) is 5.91 Å². The van der Waals surface area contributed by atoms with Gasteiger partial charge in [0.05, 0.1) is 24.4 Å². The van der Waals surface area contributed by atoms with E-state index in [4.69, 9.17) is 4.74 Å². The Bertz CT molecular complexity index is 836. The fraction of sp³-hybridized carbons (Fsp3) is 0.421. The Hall–Kier alpha value is -3.23. The van der Waals surface area contributed by atoms with Gasteiger partial charge < -0.3 is 15.0 Å². The van der Waals surface area contributed by atoms with Gasteiger partial charge in [-0.2, -0.15) is 5.10 Å². The molecule has 2 aromatic heterocycles. The first-order valence-corrected chi connectivity index (χ1v) is 9.26. The van der Waals surface area contributed by atoms with Crippen molar-refractivity contribution in [2.75, 3.05) is 25.0 Å². The van der Waals surface area contributed by atoms with E-state index in [1.807, 2.05) is 0 Å². The highest BCUT2D eigenvalue weighted by Crippen LogP contribution is 2.18. The minimum Gasteiger partial charge on any atom is -0.466 e. The number of pyridine rings is 1. The summed E-state index contributed by atoms with van der Waals surface area (Å²) in [5.41, 5.74) is 0.774.